The highest BCUT2D eigenvalue weighted by atomic mass is 19.2. The maximum absolute atomic E-state index is 13.4. The van der Waals surface area contributed by atoms with Crippen molar-refractivity contribution >= 4 is 11.6 Å². The number of anilines is 1. The lowest BCUT2D eigenvalue weighted by Crippen LogP contribution is -2.29. The lowest BCUT2D eigenvalue weighted by atomic mass is 10.2. The molecule has 2 rings (SSSR count). The number of nitrogens with one attached hydrogen (secondary N) is 2. The van der Waals surface area contributed by atoms with Crippen LogP contribution in [0.3, 0.4) is 0 Å². The summed E-state index contributed by atoms with van der Waals surface area (Å²) in [6.07, 6.45) is 0. The molecule has 1 amide bonds. The van der Waals surface area contributed by atoms with Gasteiger partial charge in [0.05, 0.1) is 7.11 Å². The predicted molar refractivity (Wildman–Crippen MR) is 77.9 cm³/mol. The minimum Gasteiger partial charge on any atom is -0.497 e. The molecule has 0 aliphatic rings. The Labute approximate surface area is 134 Å². The first-order valence-electron chi connectivity index (χ1n) is 6.80. The number of methoxy groups -OCH3 is 1. The number of carbonyl (C=O) groups excluding carboxylic acids is 1. The van der Waals surface area contributed by atoms with Gasteiger partial charge in [-0.2, -0.15) is 22.5 Å². The number of aromatic nitrogens is 1. The summed E-state index contributed by atoms with van der Waals surface area (Å²) in [6.45, 7) is -0.201. The molecule has 1 aromatic heterocycles. The van der Waals surface area contributed by atoms with Crippen molar-refractivity contribution in [2.24, 2.45) is 0 Å². The minimum atomic E-state index is -1.75. The third-order valence-electron chi connectivity index (χ3n) is 3.04. The van der Waals surface area contributed by atoms with Crippen molar-refractivity contribution in [1.82, 2.24) is 10.3 Å². The largest absolute Gasteiger partial charge is 0.497 e. The molecule has 0 spiro atoms. The third kappa shape index (κ3) is 3.92. The molecule has 2 N–H and O–H groups in total. The second kappa shape index (κ2) is 7.62. The van der Waals surface area contributed by atoms with E-state index < -0.39 is 35.1 Å². The Morgan fingerprint density at radius 1 is 1.12 bits per heavy atom. The molecule has 0 saturated carbocycles. The van der Waals surface area contributed by atoms with Gasteiger partial charge in [-0.15, -0.1) is 0 Å². The van der Waals surface area contributed by atoms with E-state index in [1.165, 1.54) is 13.2 Å². The van der Waals surface area contributed by atoms with Crippen LogP contribution in [0.25, 0.3) is 0 Å². The van der Waals surface area contributed by atoms with Crippen LogP contribution in [0.15, 0.2) is 24.3 Å². The number of carbonyl (C=O) groups is 1. The zero-order valence-corrected chi connectivity index (χ0v) is 12.5. The molecule has 0 fully saturated rings. The zero-order valence-electron chi connectivity index (χ0n) is 12.5. The number of nitrogens with zero attached hydrogens (tertiary/aromatic N) is 1. The van der Waals surface area contributed by atoms with Gasteiger partial charge in [-0.25, -0.2) is 0 Å². The summed E-state index contributed by atoms with van der Waals surface area (Å²) in [5, 5.41) is 4.67. The number of amides is 1. The van der Waals surface area contributed by atoms with Crippen LogP contribution in [0.2, 0.25) is 0 Å². The molecule has 1 aromatic carbocycles. The number of halogens is 4. The smallest absolute Gasteiger partial charge is 0.253 e. The monoisotopic (exact) mass is 343 g/mol. The Morgan fingerprint density at radius 3 is 2.42 bits per heavy atom. The van der Waals surface area contributed by atoms with E-state index in [1.807, 2.05) is 0 Å². The average Bonchev–Trinajstić information content (AvgIpc) is 2.59. The molecule has 0 aliphatic heterocycles. The van der Waals surface area contributed by atoms with E-state index in [9.17, 15) is 22.4 Å². The van der Waals surface area contributed by atoms with Crippen molar-refractivity contribution in [2.45, 2.75) is 0 Å². The Morgan fingerprint density at radius 2 is 1.79 bits per heavy atom. The first-order valence-corrected chi connectivity index (χ1v) is 6.80. The fraction of sp³-hybridized carbons (Fsp3) is 0.200. The van der Waals surface area contributed by atoms with Crippen LogP contribution < -0.4 is 15.4 Å². The highest BCUT2D eigenvalue weighted by Crippen LogP contribution is 2.21. The molecule has 0 saturated heterocycles. The molecule has 0 unspecified atom stereocenters. The highest BCUT2D eigenvalue weighted by Gasteiger charge is 2.20. The predicted octanol–water partition coefficient (Wildman–Crippen LogP) is 2.49. The number of hydrogen-bond donors (Lipinski definition) is 2. The van der Waals surface area contributed by atoms with Crippen molar-refractivity contribution in [3.8, 4) is 5.75 Å². The summed E-state index contributed by atoms with van der Waals surface area (Å²) in [5.41, 5.74) is -0.650. The van der Waals surface area contributed by atoms with Crippen molar-refractivity contribution in [3.05, 3.63) is 53.4 Å². The summed E-state index contributed by atoms with van der Waals surface area (Å²) in [4.78, 5) is 14.3. The number of hydrogen-bond acceptors (Lipinski definition) is 4. The van der Waals surface area contributed by atoms with E-state index in [0.717, 1.165) is 0 Å². The topological polar surface area (TPSA) is 63.2 Å². The number of pyridine rings is 1. The average molecular weight is 343 g/mol. The van der Waals surface area contributed by atoms with Gasteiger partial charge in [0.25, 0.3) is 17.8 Å². The van der Waals surface area contributed by atoms with Gasteiger partial charge < -0.3 is 15.4 Å². The van der Waals surface area contributed by atoms with Gasteiger partial charge in [0.2, 0.25) is 11.6 Å². The summed E-state index contributed by atoms with van der Waals surface area (Å²) in [5.74, 6) is -6.72. The van der Waals surface area contributed by atoms with Gasteiger partial charge in [0, 0.05) is 18.7 Å². The van der Waals surface area contributed by atoms with E-state index in [0.29, 0.717) is 11.3 Å². The Bertz CT molecular complexity index is 729. The van der Waals surface area contributed by atoms with Crippen LogP contribution in [0.1, 0.15) is 10.4 Å². The van der Waals surface area contributed by atoms with Gasteiger partial charge in [-0.05, 0) is 18.2 Å². The van der Waals surface area contributed by atoms with Gasteiger partial charge in [0.15, 0.2) is 0 Å². The maximum Gasteiger partial charge on any atom is 0.253 e. The molecule has 1 heterocycles. The molecule has 9 heteroatoms. The first-order chi connectivity index (χ1) is 11.4. The van der Waals surface area contributed by atoms with E-state index in [4.69, 9.17) is 4.74 Å². The number of benzene rings is 1. The summed E-state index contributed by atoms with van der Waals surface area (Å²) in [7, 11) is 1.46. The Kier molecular flexibility index (Phi) is 5.56. The van der Waals surface area contributed by atoms with Crippen LogP contribution in [0.5, 0.6) is 5.75 Å². The van der Waals surface area contributed by atoms with Crippen LogP contribution in [-0.2, 0) is 0 Å². The van der Waals surface area contributed by atoms with Crippen LogP contribution in [-0.4, -0.2) is 31.1 Å². The van der Waals surface area contributed by atoms with Crippen LogP contribution in [0.4, 0.5) is 23.2 Å². The summed E-state index contributed by atoms with van der Waals surface area (Å²) < 4.78 is 57.6. The van der Waals surface area contributed by atoms with Crippen molar-refractivity contribution in [3.63, 3.8) is 0 Å². The normalized spacial score (nSPS) is 10.4. The van der Waals surface area contributed by atoms with Crippen molar-refractivity contribution < 1.29 is 27.1 Å². The summed E-state index contributed by atoms with van der Waals surface area (Å²) >= 11 is 0. The quantitative estimate of drug-likeness (QED) is 0.481. The van der Waals surface area contributed by atoms with Gasteiger partial charge in [-0.3, -0.25) is 4.79 Å². The molecule has 24 heavy (non-hydrogen) atoms. The molecular formula is C15H13F4N3O2. The second-order valence-corrected chi connectivity index (χ2v) is 4.61. The summed E-state index contributed by atoms with van der Waals surface area (Å²) in [6, 6.07) is 6.35. The van der Waals surface area contributed by atoms with Gasteiger partial charge in [-0.1, -0.05) is 6.07 Å². The Hall–Kier alpha value is -2.84. The first kappa shape index (κ1) is 17.5. The van der Waals surface area contributed by atoms with E-state index in [-0.39, 0.29) is 13.1 Å². The van der Waals surface area contributed by atoms with E-state index >= 15 is 0 Å². The molecule has 128 valence electrons. The molecule has 5 nitrogen and oxygen atoms in total. The number of rotatable bonds is 6. The van der Waals surface area contributed by atoms with Gasteiger partial charge in [0.1, 0.15) is 11.4 Å². The molecule has 0 radical (unpaired) electrons. The lowest BCUT2D eigenvalue weighted by molar-refractivity contribution is 0.0955. The molecular weight excluding hydrogens is 330 g/mol. The maximum atomic E-state index is 13.4. The third-order valence-corrected chi connectivity index (χ3v) is 3.04. The fourth-order valence-electron chi connectivity index (χ4n) is 1.87. The molecule has 0 atom stereocenters. The van der Waals surface area contributed by atoms with Crippen molar-refractivity contribution in [2.75, 3.05) is 25.5 Å². The Balaban J connectivity index is 1.92. The second-order valence-electron chi connectivity index (χ2n) is 4.61. The standard InChI is InChI=1S/C15H13F4N3O2/c1-24-9-4-2-3-8(7-9)15(23)21-6-5-20-12-10(16)13(18)22-14(19)11(12)17/h2-4,7H,5-6H2,1H3,(H,20,22)(H,21,23). The molecule has 2 aromatic rings. The fourth-order valence-corrected chi connectivity index (χ4v) is 1.87. The van der Waals surface area contributed by atoms with E-state index in [2.05, 4.69) is 15.6 Å². The molecule has 0 aliphatic carbocycles. The van der Waals surface area contributed by atoms with Crippen LogP contribution in [0, 0.1) is 23.5 Å². The number of ether oxygens (including phenoxy) is 1. The van der Waals surface area contributed by atoms with Gasteiger partial charge >= 0.3 is 0 Å². The van der Waals surface area contributed by atoms with Crippen molar-refractivity contribution in [1.29, 1.82) is 0 Å². The zero-order chi connectivity index (χ0) is 17.7. The highest BCUT2D eigenvalue weighted by molar-refractivity contribution is 5.94. The lowest BCUT2D eigenvalue weighted by Gasteiger charge is -2.10. The minimum absolute atomic E-state index is 0.0412. The SMILES string of the molecule is COc1cccc(C(=O)NCCNc2c(F)c(F)nc(F)c2F)c1. The van der Waals surface area contributed by atoms with Crippen LogP contribution >= 0.6 is 0 Å². The molecule has 0 bridgehead atoms. The van der Waals surface area contributed by atoms with E-state index in [1.54, 1.807) is 18.2 Å².